The van der Waals surface area contributed by atoms with Crippen LogP contribution >= 0.6 is 0 Å². The summed E-state index contributed by atoms with van der Waals surface area (Å²) in [7, 11) is 0. The molecule has 0 heterocycles. The highest BCUT2D eigenvalue weighted by Crippen LogP contribution is 2.27. The van der Waals surface area contributed by atoms with E-state index in [1.54, 1.807) is 6.21 Å². The molecule has 0 aliphatic heterocycles. The lowest BCUT2D eigenvalue weighted by Gasteiger charge is -2.07. The quantitative estimate of drug-likeness (QED) is 0.329. The minimum absolute atomic E-state index is 0.559. The van der Waals surface area contributed by atoms with Crippen molar-refractivity contribution in [3.8, 4) is 0 Å². The molecule has 0 saturated carbocycles. The number of hydrogen-bond acceptors (Lipinski definition) is 2. The third-order valence-electron chi connectivity index (χ3n) is 3.13. The van der Waals surface area contributed by atoms with Gasteiger partial charge >= 0.3 is 0 Å². The number of rotatable bonds is 3. The van der Waals surface area contributed by atoms with Gasteiger partial charge in [0.25, 0.3) is 0 Å². The van der Waals surface area contributed by atoms with Crippen molar-refractivity contribution < 1.29 is 4.79 Å². The van der Waals surface area contributed by atoms with E-state index in [0.29, 0.717) is 6.41 Å². The third kappa shape index (κ3) is 2.06. The zero-order valence-electron chi connectivity index (χ0n) is 10.2. The van der Waals surface area contributed by atoms with Gasteiger partial charge in [-0.2, -0.15) is 5.10 Å². The molecule has 0 radical (unpaired) electrons. The minimum atomic E-state index is 0.559. The smallest absolute Gasteiger partial charge is 0.227 e. The van der Waals surface area contributed by atoms with Crippen LogP contribution in [0.5, 0.6) is 0 Å². The maximum Gasteiger partial charge on any atom is 0.227 e. The lowest BCUT2D eigenvalue weighted by Crippen LogP contribution is -2.01. The van der Waals surface area contributed by atoms with Gasteiger partial charge in [0.1, 0.15) is 0 Å². The van der Waals surface area contributed by atoms with Crippen LogP contribution < -0.4 is 5.43 Å². The molecule has 0 aliphatic carbocycles. The number of carbonyl (C=O) groups excluding carboxylic acids is 1. The van der Waals surface area contributed by atoms with E-state index in [0.717, 1.165) is 27.1 Å². The summed E-state index contributed by atoms with van der Waals surface area (Å²) in [6, 6.07) is 18.5. The normalized spacial score (nSPS) is 11.2. The second-order valence-electron chi connectivity index (χ2n) is 4.24. The summed E-state index contributed by atoms with van der Waals surface area (Å²) in [5.41, 5.74) is 3.33. The maximum absolute atomic E-state index is 10.3. The van der Waals surface area contributed by atoms with Crippen molar-refractivity contribution in [2.75, 3.05) is 0 Å². The second kappa shape index (κ2) is 4.90. The Hall–Kier alpha value is -2.68. The molecule has 0 bridgehead atoms. The van der Waals surface area contributed by atoms with E-state index in [-0.39, 0.29) is 0 Å². The Morgan fingerprint density at radius 2 is 1.47 bits per heavy atom. The summed E-state index contributed by atoms with van der Waals surface area (Å²) in [5, 5.41) is 8.48. The molecular weight excluding hydrogens is 236 g/mol. The molecule has 19 heavy (non-hydrogen) atoms. The lowest BCUT2D eigenvalue weighted by molar-refractivity contribution is -0.109. The van der Waals surface area contributed by atoms with Crippen LogP contribution in [0.25, 0.3) is 21.5 Å². The Labute approximate surface area is 110 Å². The summed E-state index contributed by atoms with van der Waals surface area (Å²) in [4.78, 5) is 10.3. The SMILES string of the molecule is O=CN/N=C/c1c2ccccc2cc2ccccc12. The Morgan fingerprint density at radius 1 is 0.895 bits per heavy atom. The summed E-state index contributed by atoms with van der Waals surface area (Å²) in [5.74, 6) is 0. The van der Waals surface area contributed by atoms with Crippen molar-refractivity contribution in [1.29, 1.82) is 0 Å². The van der Waals surface area contributed by atoms with E-state index in [2.05, 4.69) is 40.9 Å². The molecule has 3 aromatic carbocycles. The van der Waals surface area contributed by atoms with Gasteiger partial charge in [-0.15, -0.1) is 0 Å². The molecule has 92 valence electrons. The molecule has 3 rings (SSSR count). The van der Waals surface area contributed by atoms with Crippen LogP contribution in [0.1, 0.15) is 5.56 Å². The molecule has 0 fully saturated rings. The van der Waals surface area contributed by atoms with E-state index < -0.39 is 0 Å². The van der Waals surface area contributed by atoms with Gasteiger partial charge < -0.3 is 0 Å². The average Bonchev–Trinajstić information content (AvgIpc) is 2.46. The van der Waals surface area contributed by atoms with Gasteiger partial charge in [0, 0.05) is 5.56 Å². The van der Waals surface area contributed by atoms with Crippen molar-refractivity contribution in [3.63, 3.8) is 0 Å². The highest BCUT2D eigenvalue weighted by molar-refractivity contribution is 6.13. The average molecular weight is 248 g/mol. The number of fused-ring (bicyclic) bond motifs is 2. The van der Waals surface area contributed by atoms with E-state index in [1.807, 2.05) is 24.3 Å². The van der Waals surface area contributed by atoms with Crippen LogP contribution in [0.4, 0.5) is 0 Å². The lowest BCUT2D eigenvalue weighted by atomic mass is 9.97. The van der Waals surface area contributed by atoms with Crippen molar-refractivity contribution in [3.05, 3.63) is 60.2 Å². The number of nitrogens with one attached hydrogen (secondary N) is 1. The number of hydrogen-bond donors (Lipinski definition) is 1. The van der Waals surface area contributed by atoms with Crippen LogP contribution in [0, 0.1) is 0 Å². The Bertz CT molecular complexity index is 724. The van der Waals surface area contributed by atoms with E-state index in [4.69, 9.17) is 0 Å². The Kier molecular flexibility index (Phi) is 2.94. The van der Waals surface area contributed by atoms with Crippen LogP contribution in [-0.2, 0) is 4.79 Å². The fraction of sp³-hybridized carbons (Fsp3) is 0. The first-order valence-corrected chi connectivity index (χ1v) is 6.03. The van der Waals surface area contributed by atoms with Gasteiger partial charge in [-0.05, 0) is 27.6 Å². The van der Waals surface area contributed by atoms with E-state index in [9.17, 15) is 4.79 Å². The first kappa shape index (κ1) is 11.4. The molecule has 0 aliphatic rings. The number of benzene rings is 3. The van der Waals surface area contributed by atoms with Crippen LogP contribution in [0.3, 0.4) is 0 Å². The molecule has 0 unspecified atom stereocenters. The molecule has 1 amide bonds. The Balaban J connectivity index is 2.36. The Morgan fingerprint density at radius 3 is 2.05 bits per heavy atom. The van der Waals surface area contributed by atoms with Crippen LogP contribution in [0.15, 0.2) is 59.7 Å². The van der Waals surface area contributed by atoms with E-state index in [1.165, 1.54) is 0 Å². The zero-order chi connectivity index (χ0) is 13.1. The predicted molar refractivity (Wildman–Crippen MR) is 78.2 cm³/mol. The summed E-state index contributed by atoms with van der Waals surface area (Å²) < 4.78 is 0. The third-order valence-corrected chi connectivity index (χ3v) is 3.13. The van der Waals surface area contributed by atoms with Crippen molar-refractivity contribution >= 4 is 34.2 Å². The van der Waals surface area contributed by atoms with Gasteiger partial charge in [0.05, 0.1) is 6.21 Å². The summed E-state index contributed by atoms with van der Waals surface area (Å²) in [6.45, 7) is 0. The molecule has 3 aromatic rings. The van der Waals surface area contributed by atoms with E-state index >= 15 is 0 Å². The van der Waals surface area contributed by atoms with Crippen molar-refractivity contribution in [2.45, 2.75) is 0 Å². The molecule has 0 atom stereocenters. The molecule has 0 spiro atoms. The number of amides is 1. The van der Waals surface area contributed by atoms with Gasteiger partial charge in [0.15, 0.2) is 0 Å². The predicted octanol–water partition coefficient (Wildman–Crippen LogP) is 3.07. The zero-order valence-corrected chi connectivity index (χ0v) is 10.2. The largest absolute Gasteiger partial charge is 0.277 e. The summed E-state index contributed by atoms with van der Waals surface area (Å²) >= 11 is 0. The molecule has 3 heteroatoms. The molecule has 0 saturated heterocycles. The number of hydrazone groups is 1. The second-order valence-corrected chi connectivity index (χ2v) is 4.24. The molecular formula is C16H12N2O. The van der Waals surface area contributed by atoms with Crippen molar-refractivity contribution in [2.24, 2.45) is 5.10 Å². The topological polar surface area (TPSA) is 41.5 Å². The van der Waals surface area contributed by atoms with Gasteiger partial charge in [-0.3, -0.25) is 4.79 Å². The highest BCUT2D eigenvalue weighted by atomic mass is 16.1. The maximum atomic E-state index is 10.3. The van der Waals surface area contributed by atoms with Gasteiger partial charge in [0.2, 0.25) is 6.41 Å². The molecule has 1 N–H and O–H groups in total. The molecule has 3 nitrogen and oxygen atoms in total. The van der Waals surface area contributed by atoms with Gasteiger partial charge in [-0.25, -0.2) is 5.43 Å². The fourth-order valence-electron chi connectivity index (χ4n) is 2.32. The summed E-state index contributed by atoms with van der Waals surface area (Å²) in [6.07, 6.45) is 2.25. The number of nitrogens with zero attached hydrogens (tertiary/aromatic N) is 1. The molecule has 0 aromatic heterocycles. The van der Waals surface area contributed by atoms with Crippen molar-refractivity contribution in [1.82, 2.24) is 5.43 Å². The van der Waals surface area contributed by atoms with Gasteiger partial charge in [-0.1, -0.05) is 48.5 Å². The number of carbonyl (C=O) groups is 1. The van der Waals surface area contributed by atoms with Crippen LogP contribution in [0.2, 0.25) is 0 Å². The minimum Gasteiger partial charge on any atom is -0.277 e. The first-order valence-electron chi connectivity index (χ1n) is 6.03. The van der Waals surface area contributed by atoms with Crippen LogP contribution in [-0.4, -0.2) is 12.6 Å². The highest BCUT2D eigenvalue weighted by Gasteiger charge is 2.04. The fourth-order valence-corrected chi connectivity index (χ4v) is 2.32. The monoisotopic (exact) mass is 248 g/mol. The standard InChI is InChI=1S/C16H12N2O/c19-11-18-17-10-16-14-7-3-1-5-12(14)9-13-6-2-4-8-15(13)16/h1-11H,(H,18,19)/b17-10+. The first-order chi connectivity index (χ1) is 9.40.